The highest BCUT2D eigenvalue weighted by Crippen LogP contribution is 2.28. The number of hydrogen-bond donors (Lipinski definition) is 0. The summed E-state index contributed by atoms with van der Waals surface area (Å²) in [6.45, 7) is 0. The van der Waals surface area contributed by atoms with Gasteiger partial charge in [0, 0.05) is 27.5 Å². The van der Waals surface area contributed by atoms with E-state index in [1.807, 2.05) is 29.6 Å². The normalized spacial score (nSPS) is 11.1. The molecule has 0 N–H and O–H groups in total. The highest BCUT2D eigenvalue weighted by atomic mass is 79.9. The van der Waals surface area contributed by atoms with Crippen molar-refractivity contribution in [1.82, 2.24) is 4.98 Å². The Balaban J connectivity index is 1.94. The van der Waals surface area contributed by atoms with Crippen molar-refractivity contribution in [3.8, 4) is 17.3 Å². The fourth-order valence-corrected chi connectivity index (χ4v) is 3.25. The van der Waals surface area contributed by atoms with E-state index >= 15 is 0 Å². The van der Waals surface area contributed by atoms with E-state index in [9.17, 15) is 15.4 Å². The van der Waals surface area contributed by atoms with Crippen LogP contribution in [0, 0.1) is 21.4 Å². The van der Waals surface area contributed by atoms with Gasteiger partial charge in [-0.25, -0.2) is 4.98 Å². The zero-order chi connectivity index (χ0) is 17.8. The Morgan fingerprint density at radius 2 is 2.04 bits per heavy atom. The van der Waals surface area contributed by atoms with Crippen LogP contribution in [0.4, 0.5) is 5.69 Å². The number of hydrogen-bond acceptors (Lipinski definition) is 5. The number of nitrogens with zero attached hydrogens (tertiary/aromatic N) is 3. The van der Waals surface area contributed by atoms with Gasteiger partial charge in [0.25, 0.3) is 5.69 Å². The Hall–Kier alpha value is -2.82. The van der Waals surface area contributed by atoms with Crippen LogP contribution in [0.15, 0.2) is 58.4 Å². The zero-order valence-corrected chi connectivity index (χ0v) is 15.1. The first kappa shape index (κ1) is 17.0. The van der Waals surface area contributed by atoms with Crippen molar-refractivity contribution in [1.29, 1.82) is 5.26 Å². The van der Waals surface area contributed by atoms with Crippen LogP contribution < -0.4 is 0 Å². The topological polar surface area (TPSA) is 79.8 Å². The SMILES string of the molecule is N#C/C(=C\c1cccc([N+](=O)[O-])c1)c1nc(-c2ccc(Br)cc2)cs1. The van der Waals surface area contributed by atoms with Gasteiger partial charge in [0.05, 0.1) is 16.2 Å². The summed E-state index contributed by atoms with van der Waals surface area (Å²) in [5.74, 6) is 0. The third kappa shape index (κ3) is 3.99. The van der Waals surface area contributed by atoms with Crippen LogP contribution >= 0.6 is 27.3 Å². The zero-order valence-electron chi connectivity index (χ0n) is 12.7. The van der Waals surface area contributed by atoms with Gasteiger partial charge in [-0.05, 0) is 23.8 Å². The number of allylic oxidation sites excluding steroid dienone is 1. The molecule has 0 saturated heterocycles. The maximum atomic E-state index is 10.9. The van der Waals surface area contributed by atoms with Crippen molar-refractivity contribution < 1.29 is 4.92 Å². The molecule has 2 aromatic carbocycles. The van der Waals surface area contributed by atoms with E-state index in [4.69, 9.17) is 0 Å². The smallest absolute Gasteiger partial charge is 0.258 e. The number of benzene rings is 2. The predicted molar refractivity (Wildman–Crippen MR) is 102 cm³/mol. The van der Waals surface area contributed by atoms with Crippen LogP contribution in [0.5, 0.6) is 0 Å². The number of nitro groups is 1. The van der Waals surface area contributed by atoms with E-state index in [-0.39, 0.29) is 5.69 Å². The molecule has 1 aromatic heterocycles. The number of rotatable bonds is 4. The lowest BCUT2D eigenvalue weighted by Gasteiger charge is -1.98. The summed E-state index contributed by atoms with van der Waals surface area (Å²) >= 11 is 4.76. The molecule has 3 aromatic rings. The summed E-state index contributed by atoms with van der Waals surface area (Å²) in [5, 5.41) is 22.8. The minimum atomic E-state index is -0.460. The number of thiazole rings is 1. The summed E-state index contributed by atoms with van der Waals surface area (Å²) < 4.78 is 0.981. The lowest BCUT2D eigenvalue weighted by Crippen LogP contribution is -1.88. The van der Waals surface area contributed by atoms with Gasteiger partial charge >= 0.3 is 0 Å². The van der Waals surface area contributed by atoms with Crippen LogP contribution in [0.3, 0.4) is 0 Å². The summed E-state index contributed by atoms with van der Waals surface area (Å²) in [4.78, 5) is 14.9. The molecule has 0 radical (unpaired) electrons. The largest absolute Gasteiger partial charge is 0.270 e. The summed E-state index contributed by atoms with van der Waals surface area (Å²) in [5.41, 5.74) is 2.69. The summed E-state index contributed by atoms with van der Waals surface area (Å²) in [6.07, 6.45) is 1.61. The van der Waals surface area contributed by atoms with Gasteiger partial charge in [0.1, 0.15) is 11.1 Å². The molecule has 0 unspecified atom stereocenters. The Labute approximate surface area is 156 Å². The van der Waals surface area contributed by atoms with E-state index < -0.39 is 4.92 Å². The van der Waals surface area contributed by atoms with Gasteiger partial charge in [-0.2, -0.15) is 5.26 Å². The highest BCUT2D eigenvalue weighted by molar-refractivity contribution is 9.10. The van der Waals surface area contributed by atoms with E-state index in [0.717, 1.165) is 15.7 Å². The lowest BCUT2D eigenvalue weighted by atomic mass is 10.1. The second-order valence-corrected chi connectivity index (χ2v) is 6.84. The fourth-order valence-electron chi connectivity index (χ4n) is 2.19. The maximum absolute atomic E-state index is 10.9. The van der Waals surface area contributed by atoms with Gasteiger partial charge in [-0.1, -0.05) is 40.2 Å². The summed E-state index contributed by atoms with van der Waals surface area (Å²) in [6, 6.07) is 16.0. The molecule has 0 atom stereocenters. The fraction of sp³-hybridized carbons (Fsp3) is 0. The van der Waals surface area contributed by atoms with Crippen molar-refractivity contribution in [2.24, 2.45) is 0 Å². The molecule has 0 saturated carbocycles. The number of nitriles is 1. The molecular weight excluding hydrogens is 402 g/mol. The molecule has 1 heterocycles. The summed E-state index contributed by atoms with van der Waals surface area (Å²) in [7, 11) is 0. The number of aromatic nitrogens is 1. The maximum Gasteiger partial charge on any atom is 0.270 e. The van der Waals surface area contributed by atoms with Gasteiger partial charge in [0.15, 0.2) is 0 Å². The molecule has 122 valence electrons. The minimum Gasteiger partial charge on any atom is -0.258 e. The van der Waals surface area contributed by atoms with Crippen LogP contribution in [0.25, 0.3) is 22.9 Å². The Morgan fingerprint density at radius 1 is 1.28 bits per heavy atom. The Kier molecular flexibility index (Phi) is 5.03. The van der Waals surface area contributed by atoms with Crippen molar-refractivity contribution >= 4 is 44.6 Å². The van der Waals surface area contributed by atoms with Crippen LogP contribution in [0.2, 0.25) is 0 Å². The molecule has 0 fully saturated rings. The molecule has 0 aliphatic rings. The van der Waals surface area contributed by atoms with Crippen molar-refractivity contribution in [3.05, 3.63) is 79.1 Å². The minimum absolute atomic E-state index is 0.0132. The molecule has 3 rings (SSSR count). The second kappa shape index (κ2) is 7.38. The quantitative estimate of drug-likeness (QED) is 0.320. The van der Waals surface area contributed by atoms with Crippen molar-refractivity contribution in [2.45, 2.75) is 0 Å². The van der Waals surface area contributed by atoms with E-state index in [2.05, 4.69) is 27.0 Å². The molecular formula is C18H10BrN3O2S. The number of nitro benzene ring substituents is 1. The molecule has 5 nitrogen and oxygen atoms in total. The third-order valence-corrected chi connectivity index (χ3v) is 4.79. The standard InChI is InChI=1S/C18H10BrN3O2S/c19-15-6-4-13(5-7-15)17-11-25-18(21-17)14(10-20)8-12-2-1-3-16(9-12)22(23)24/h1-9,11H/b14-8+. The second-order valence-electron chi connectivity index (χ2n) is 5.07. The van der Waals surface area contributed by atoms with Crippen LogP contribution in [0.1, 0.15) is 10.6 Å². The van der Waals surface area contributed by atoms with E-state index in [1.165, 1.54) is 23.5 Å². The van der Waals surface area contributed by atoms with Gasteiger partial charge in [-0.3, -0.25) is 10.1 Å². The van der Waals surface area contributed by atoms with Crippen LogP contribution in [-0.2, 0) is 0 Å². The molecule has 0 amide bonds. The predicted octanol–water partition coefficient (Wildman–Crippen LogP) is 5.54. The monoisotopic (exact) mass is 411 g/mol. The molecule has 7 heteroatoms. The van der Waals surface area contributed by atoms with Gasteiger partial charge in [0.2, 0.25) is 0 Å². The lowest BCUT2D eigenvalue weighted by molar-refractivity contribution is -0.384. The van der Waals surface area contributed by atoms with Gasteiger partial charge < -0.3 is 0 Å². The Bertz CT molecular complexity index is 1000. The van der Waals surface area contributed by atoms with E-state index in [0.29, 0.717) is 16.1 Å². The average Bonchev–Trinajstić information content (AvgIpc) is 3.10. The average molecular weight is 412 g/mol. The molecule has 0 aliphatic heterocycles. The molecule has 25 heavy (non-hydrogen) atoms. The van der Waals surface area contributed by atoms with E-state index in [1.54, 1.807) is 18.2 Å². The van der Waals surface area contributed by atoms with Crippen molar-refractivity contribution in [2.75, 3.05) is 0 Å². The number of halogens is 1. The first-order valence-corrected chi connectivity index (χ1v) is 8.82. The molecule has 0 spiro atoms. The first-order valence-electron chi connectivity index (χ1n) is 7.15. The van der Waals surface area contributed by atoms with Gasteiger partial charge in [-0.15, -0.1) is 11.3 Å². The highest BCUT2D eigenvalue weighted by Gasteiger charge is 2.10. The van der Waals surface area contributed by atoms with Crippen molar-refractivity contribution in [3.63, 3.8) is 0 Å². The molecule has 0 aliphatic carbocycles. The van der Waals surface area contributed by atoms with Crippen LogP contribution in [-0.4, -0.2) is 9.91 Å². The number of non-ortho nitro benzene ring substituents is 1. The third-order valence-electron chi connectivity index (χ3n) is 3.39. The molecule has 0 bridgehead atoms. The Morgan fingerprint density at radius 3 is 2.72 bits per heavy atom. The first-order chi connectivity index (χ1) is 12.1.